The molecule has 0 aliphatic rings. The highest BCUT2D eigenvalue weighted by atomic mass is 16.5. The van der Waals surface area contributed by atoms with Crippen LogP contribution in [-0.4, -0.2) is 16.6 Å². The number of rotatable bonds is 5. The Morgan fingerprint density at radius 3 is 2.95 bits per heavy atom. The molecule has 0 bridgehead atoms. The molecule has 1 aromatic heterocycles. The normalized spacial score (nSPS) is 9.68. The summed E-state index contributed by atoms with van der Waals surface area (Å²) in [5.41, 5.74) is 1.08. The van der Waals surface area contributed by atoms with Crippen LogP contribution < -0.4 is 10.1 Å². The van der Waals surface area contributed by atoms with Crippen LogP contribution in [0.4, 0.5) is 11.5 Å². The van der Waals surface area contributed by atoms with E-state index in [2.05, 4.69) is 22.2 Å². The fraction of sp³-hybridized carbons (Fsp3) is 0.214. The predicted octanol–water partition coefficient (Wildman–Crippen LogP) is 2.88. The highest BCUT2D eigenvalue weighted by molar-refractivity contribution is 5.61. The zero-order valence-electron chi connectivity index (χ0n) is 10.6. The van der Waals surface area contributed by atoms with Crippen LogP contribution >= 0.6 is 0 Å². The fourth-order valence-corrected chi connectivity index (χ4v) is 1.53. The number of ether oxygens (including phenoxy) is 1. The molecule has 5 nitrogen and oxygen atoms in total. The molecule has 1 N–H and O–H groups in total. The van der Waals surface area contributed by atoms with Gasteiger partial charge in [-0.25, -0.2) is 9.97 Å². The summed E-state index contributed by atoms with van der Waals surface area (Å²) >= 11 is 0. The first kappa shape index (κ1) is 12.8. The predicted molar refractivity (Wildman–Crippen MR) is 72.3 cm³/mol. The lowest BCUT2D eigenvalue weighted by molar-refractivity contribution is 0.317. The van der Waals surface area contributed by atoms with Crippen molar-refractivity contribution < 1.29 is 4.74 Å². The molecular weight excluding hydrogens is 240 g/mol. The number of benzene rings is 1. The average Bonchev–Trinajstić information content (AvgIpc) is 2.46. The first-order chi connectivity index (χ1) is 9.33. The standard InChI is InChI=1S/C14H14N4O/c1-2-8-19-12-5-3-4-11(9-12)18-14-13(10-15)16-6-7-17-14/h3-7,9H,2,8H2,1H3,(H,17,18). The van der Waals surface area contributed by atoms with E-state index in [9.17, 15) is 0 Å². The molecule has 1 heterocycles. The molecule has 0 spiro atoms. The number of anilines is 2. The summed E-state index contributed by atoms with van der Waals surface area (Å²) in [5.74, 6) is 1.23. The van der Waals surface area contributed by atoms with Crippen LogP contribution in [0.1, 0.15) is 19.0 Å². The van der Waals surface area contributed by atoms with Crippen LogP contribution in [0.15, 0.2) is 36.7 Å². The van der Waals surface area contributed by atoms with Gasteiger partial charge in [-0.15, -0.1) is 0 Å². The molecule has 2 aromatic rings. The van der Waals surface area contributed by atoms with Crippen LogP contribution in [0.5, 0.6) is 5.75 Å². The van der Waals surface area contributed by atoms with Crippen LogP contribution in [0.25, 0.3) is 0 Å². The summed E-state index contributed by atoms with van der Waals surface area (Å²) < 4.78 is 5.55. The van der Waals surface area contributed by atoms with E-state index in [1.807, 2.05) is 30.3 Å². The Balaban J connectivity index is 2.17. The number of nitrogens with zero attached hydrogens (tertiary/aromatic N) is 3. The first-order valence-electron chi connectivity index (χ1n) is 6.04. The minimum atomic E-state index is 0.266. The largest absolute Gasteiger partial charge is 0.494 e. The van der Waals surface area contributed by atoms with E-state index in [4.69, 9.17) is 10.00 Å². The third-order valence-corrected chi connectivity index (χ3v) is 2.37. The van der Waals surface area contributed by atoms with E-state index in [1.165, 1.54) is 6.20 Å². The van der Waals surface area contributed by atoms with Crippen molar-refractivity contribution in [3.8, 4) is 11.8 Å². The van der Waals surface area contributed by atoms with Gasteiger partial charge in [0.05, 0.1) is 6.61 Å². The SMILES string of the molecule is CCCOc1cccc(Nc2nccnc2C#N)c1. The molecule has 0 atom stereocenters. The second-order valence-electron chi connectivity index (χ2n) is 3.87. The maximum atomic E-state index is 8.95. The molecule has 96 valence electrons. The number of nitrogens with one attached hydrogen (secondary N) is 1. The van der Waals surface area contributed by atoms with Crippen molar-refractivity contribution in [3.63, 3.8) is 0 Å². The molecular formula is C14H14N4O. The van der Waals surface area contributed by atoms with Gasteiger partial charge in [0.2, 0.25) is 0 Å². The van der Waals surface area contributed by atoms with E-state index in [0.29, 0.717) is 12.4 Å². The molecule has 5 heteroatoms. The highest BCUT2D eigenvalue weighted by Crippen LogP contribution is 2.21. The number of hydrogen-bond acceptors (Lipinski definition) is 5. The summed E-state index contributed by atoms with van der Waals surface area (Å²) in [5, 5.41) is 12.0. The van der Waals surface area contributed by atoms with E-state index < -0.39 is 0 Å². The van der Waals surface area contributed by atoms with E-state index in [1.54, 1.807) is 6.20 Å². The van der Waals surface area contributed by atoms with Gasteiger partial charge in [-0.1, -0.05) is 13.0 Å². The molecule has 0 fully saturated rings. The van der Waals surface area contributed by atoms with Gasteiger partial charge in [0.25, 0.3) is 0 Å². The lowest BCUT2D eigenvalue weighted by Gasteiger charge is -2.09. The van der Waals surface area contributed by atoms with Crippen LogP contribution in [0.2, 0.25) is 0 Å². The van der Waals surface area contributed by atoms with Gasteiger partial charge < -0.3 is 10.1 Å². The Morgan fingerprint density at radius 1 is 1.32 bits per heavy atom. The summed E-state index contributed by atoms with van der Waals surface area (Å²) in [6.07, 6.45) is 3.99. The molecule has 0 radical (unpaired) electrons. The molecule has 0 unspecified atom stereocenters. The summed E-state index contributed by atoms with van der Waals surface area (Å²) in [6.45, 7) is 2.74. The number of hydrogen-bond donors (Lipinski definition) is 1. The third-order valence-electron chi connectivity index (χ3n) is 2.37. The minimum absolute atomic E-state index is 0.266. The average molecular weight is 254 g/mol. The molecule has 0 aliphatic carbocycles. The molecule has 2 rings (SSSR count). The van der Waals surface area contributed by atoms with Gasteiger partial charge in [-0.2, -0.15) is 5.26 Å². The van der Waals surface area contributed by atoms with Crippen molar-refractivity contribution in [1.82, 2.24) is 9.97 Å². The van der Waals surface area contributed by atoms with Gasteiger partial charge in [0, 0.05) is 24.1 Å². The monoisotopic (exact) mass is 254 g/mol. The number of aromatic nitrogens is 2. The second-order valence-corrected chi connectivity index (χ2v) is 3.87. The van der Waals surface area contributed by atoms with Gasteiger partial charge in [-0.05, 0) is 18.6 Å². The van der Waals surface area contributed by atoms with E-state index >= 15 is 0 Å². The topological polar surface area (TPSA) is 70.8 Å². The maximum absolute atomic E-state index is 8.95. The zero-order valence-corrected chi connectivity index (χ0v) is 10.6. The molecule has 19 heavy (non-hydrogen) atoms. The maximum Gasteiger partial charge on any atom is 0.183 e. The quantitative estimate of drug-likeness (QED) is 0.888. The fourth-order valence-electron chi connectivity index (χ4n) is 1.53. The number of nitriles is 1. The molecule has 0 saturated carbocycles. The minimum Gasteiger partial charge on any atom is -0.494 e. The molecule has 0 amide bonds. The second kappa shape index (κ2) is 6.36. The van der Waals surface area contributed by atoms with Crippen LogP contribution in [-0.2, 0) is 0 Å². The smallest absolute Gasteiger partial charge is 0.183 e. The lowest BCUT2D eigenvalue weighted by Crippen LogP contribution is -1.99. The van der Waals surface area contributed by atoms with Gasteiger partial charge in [-0.3, -0.25) is 0 Å². The first-order valence-corrected chi connectivity index (χ1v) is 6.04. The van der Waals surface area contributed by atoms with Gasteiger partial charge >= 0.3 is 0 Å². The van der Waals surface area contributed by atoms with Crippen LogP contribution in [0.3, 0.4) is 0 Å². The summed E-state index contributed by atoms with van der Waals surface area (Å²) in [4.78, 5) is 8.05. The Bertz CT molecular complexity index is 592. The van der Waals surface area contributed by atoms with E-state index in [0.717, 1.165) is 17.9 Å². The van der Waals surface area contributed by atoms with Crippen molar-refractivity contribution >= 4 is 11.5 Å². The lowest BCUT2D eigenvalue weighted by atomic mass is 10.3. The molecule has 1 aromatic carbocycles. The van der Waals surface area contributed by atoms with Crippen molar-refractivity contribution in [2.75, 3.05) is 11.9 Å². The Kier molecular flexibility index (Phi) is 4.29. The van der Waals surface area contributed by atoms with E-state index in [-0.39, 0.29) is 5.69 Å². The Morgan fingerprint density at radius 2 is 2.16 bits per heavy atom. The van der Waals surface area contributed by atoms with Gasteiger partial charge in [0.15, 0.2) is 11.5 Å². The van der Waals surface area contributed by atoms with Crippen LogP contribution in [0, 0.1) is 11.3 Å². The summed E-state index contributed by atoms with van der Waals surface area (Å²) in [6, 6.07) is 9.52. The Labute approximate surface area is 111 Å². The zero-order chi connectivity index (χ0) is 13.5. The van der Waals surface area contributed by atoms with Crippen molar-refractivity contribution in [1.29, 1.82) is 5.26 Å². The summed E-state index contributed by atoms with van der Waals surface area (Å²) in [7, 11) is 0. The van der Waals surface area contributed by atoms with Crippen molar-refractivity contribution in [2.24, 2.45) is 0 Å². The highest BCUT2D eigenvalue weighted by Gasteiger charge is 2.04. The molecule has 0 aliphatic heterocycles. The van der Waals surface area contributed by atoms with Crippen molar-refractivity contribution in [2.45, 2.75) is 13.3 Å². The Hall–Kier alpha value is -2.61. The third kappa shape index (κ3) is 3.42. The van der Waals surface area contributed by atoms with Crippen molar-refractivity contribution in [3.05, 3.63) is 42.4 Å². The molecule has 0 saturated heterocycles. The van der Waals surface area contributed by atoms with Gasteiger partial charge in [0.1, 0.15) is 11.8 Å².